The number of nitrogens with zero attached hydrogens (tertiary/aromatic N) is 1. The monoisotopic (exact) mass is 390 g/mol. The summed E-state index contributed by atoms with van der Waals surface area (Å²) < 4.78 is 5.93. The van der Waals surface area contributed by atoms with Gasteiger partial charge in [-0.2, -0.15) is 5.26 Å². The van der Waals surface area contributed by atoms with Gasteiger partial charge in [-0.25, -0.2) is 0 Å². The number of fused-ring (bicyclic) bond motifs is 1. The highest BCUT2D eigenvalue weighted by atomic mass is 32.1. The number of nitriles is 1. The third kappa shape index (κ3) is 4.79. The summed E-state index contributed by atoms with van der Waals surface area (Å²) >= 11 is 1.57. The Morgan fingerprint density at radius 2 is 1.96 bits per heavy atom. The van der Waals surface area contributed by atoms with Gasteiger partial charge in [0.15, 0.2) is 0 Å². The number of ether oxygens (including phenoxy) is 1. The van der Waals surface area contributed by atoms with Gasteiger partial charge < -0.3 is 10.1 Å². The molecule has 0 saturated heterocycles. The van der Waals surface area contributed by atoms with Crippen LogP contribution in [-0.4, -0.2) is 12.5 Å². The van der Waals surface area contributed by atoms with E-state index in [2.05, 4.69) is 19.2 Å². The van der Waals surface area contributed by atoms with Crippen molar-refractivity contribution in [1.29, 1.82) is 5.26 Å². The van der Waals surface area contributed by atoms with Crippen molar-refractivity contribution in [3.05, 3.63) is 69.9 Å². The molecule has 4 nitrogen and oxygen atoms in total. The van der Waals surface area contributed by atoms with Crippen molar-refractivity contribution in [2.24, 2.45) is 5.92 Å². The Morgan fingerprint density at radius 3 is 2.64 bits per heavy atom. The van der Waals surface area contributed by atoms with Crippen molar-refractivity contribution < 1.29 is 9.53 Å². The Kier molecular flexibility index (Phi) is 6.46. The van der Waals surface area contributed by atoms with Crippen LogP contribution in [0.15, 0.2) is 59.5 Å². The quantitative estimate of drug-likeness (QED) is 0.448. The molecule has 1 heterocycles. The maximum atomic E-state index is 12.4. The topological polar surface area (TPSA) is 62.1 Å². The van der Waals surface area contributed by atoms with Gasteiger partial charge in [0.05, 0.1) is 13.2 Å². The minimum Gasteiger partial charge on any atom is -0.493 e. The first-order chi connectivity index (χ1) is 13.6. The number of thiophene rings is 1. The number of hydrogen-bond acceptors (Lipinski definition) is 4. The number of hydrogen-bond donors (Lipinski definition) is 1. The highest BCUT2D eigenvalue weighted by Gasteiger charge is 2.12. The average molecular weight is 391 g/mol. The second kappa shape index (κ2) is 9.20. The number of benzene rings is 2. The third-order valence-electron chi connectivity index (χ3n) is 4.16. The van der Waals surface area contributed by atoms with Crippen LogP contribution in [0.1, 0.15) is 24.3 Å². The van der Waals surface area contributed by atoms with Crippen LogP contribution in [0.5, 0.6) is 5.75 Å². The second-order valence-corrected chi connectivity index (χ2v) is 7.87. The fourth-order valence-electron chi connectivity index (χ4n) is 2.78. The molecule has 28 heavy (non-hydrogen) atoms. The van der Waals surface area contributed by atoms with Crippen molar-refractivity contribution in [2.75, 3.05) is 6.61 Å². The Hall–Kier alpha value is -3.10. The van der Waals surface area contributed by atoms with E-state index in [1.54, 1.807) is 17.4 Å². The van der Waals surface area contributed by atoms with E-state index in [-0.39, 0.29) is 11.5 Å². The van der Waals surface area contributed by atoms with Crippen LogP contribution in [0.2, 0.25) is 0 Å². The molecule has 0 radical (unpaired) electrons. The maximum Gasteiger partial charge on any atom is 0.262 e. The van der Waals surface area contributed by atoms with Gasteiger partial charge in [0.1, 0.15) is 17.4 Å². The van der Waals surface area contributed by atoms with Gasteiger partial charge in [0, 0.05) is 10.3 Å². The Labute approximate surface area is 169 Å². The molecule has 2 aromatic carbocycles. The molecule has 3 aromatic rings. The molecule has 0 bridgehead atoms. The van der Waals surface area contributed by atoms with Crippen LogP contribution in [0, 0.1) is 17.2 Å². The van der Waals surface area contributed by atoms with E-state index in [4.69, 9.17) is 4.74 Å². The van der Waals surface area contributed by atoms with Crippen LogP contribution in [0.25, 0.3) is 16.8 Å². The standard InChI is InChI=1S/C23H22N2O2S/c1-16(2)15-27-22-10-9-17(20-7-3-4-8-21(20)22)12-18(13-24)23(26)25-14-19-6-5-11-28-19/h3-12,16H,14-15H2,1-2H3,(H,25,26)/b18-12+. The smallest absolute Gasteiger partial charge is 0.262 e. The molecule has 0 fully saturated rings. The molecule has 0 aliphatic carbocycles. The fourth-order valence-corrected chi connectivity index (χ4v) is 3.43. The number of carbonyl (C=O) groups excluding carboxylic acids is 1. The zero-order valence-electron chi connectivity index (χ0n) is 15.9. The molecule has 0 unspecified atom stereocenters. The highest BCUT2D eigenvalue weighted by Crippen LogP contribution is 2.30. The Balaban J connectivity index is 1.88. The van der Waals surface area contributed by atoms with E-state index < -0.39 is 0 Å². The van der Waals surface area contributed by atoms with E-state index in [0.717, 1.165) is 27.0 Å². The number of amides is 1. The zero-order chi connectivity index (χ0) is 19.9. The lowest BCUT2D eigenvalue weighted by Gasteiger charge is -2.13. The molecule has 5 heteroatoms. The normalized spacial score (nSPS) is 11.4. The van der Waals surface area contributed by atoms with Crippen molar-refractivity contribution in [2.45, 2.75) is 20.4 Å². The summed E-state index contributed by atoms with van der Waals surface area (Å²) in [5.41, 5.74) is 0.896. The fraction of sp³-hybridized carbons (Fsp3) is 0.217. The van der Waals surface area contributed by atoms with Crippen molar-refractivity contribution in [3.63, 3.8) is 0 Å². The summed E-state index contributed by atoms with van der Waals surface area (Å²) in [4.78, 5) is 13.5. The maximum absolute atomic E-state index is 12.4. The van der Waals surface area contributed by atoms with E-state index in [1.165, 1.54) is 0 Å². The van der Waals surface area contributed by atoms with Crippen LogP contribution in [-0.2, 0) is 11.3 Å². The first-order valence-electron chi connectivity index (χ1n) is 9.15. The van der Waals surface area contributed by atoms with E-state index in [0.29, 0.717) is 19.1 Å². The summed E-state index contributed by atoms with van der Waals surface area (Å²) in [6, 6.07) is 17.6. The van der Waals surface area contributed by atoms with Gasteiger partial charge >= 0.3 is 0 Å². The molecular formula is C23H22N2O2S. The lowest BCUT2D eigenvalue weighted by molar-refractivity contribution is -0.117. The van der Waals surface area contributed by atoms with Crippen LogP contribution in [0.4, 0.5) is 0 Å². The zero-order valence-corrected chi connectivity index (χ0v) is 16.8. The van der Waals surface area contributed by atoms with E-state index >= 15 is 0 Å². The Bertz CT molecular complexity index is 1030. The highest BCUT2D eigenvalue weighted by molar-refractivity contribution is 7.09. The molecule has 1 aromatic heterocycles. The summed E-state index contributed by atoms with van der Waals surface area (Å²) in [5, 5.41) is 16.2. The van der Waals surface area contributed by atoms with Crippen LogP contribution in [0.3, 0.4) is 0 Å². The molecular weight excluding hydrogens is 368 g/mol. The van der Waals surface area contributed by atoms with Gasteiger partial charge in [-0.1, -0.05) is 50.2 Å². The predicted molar refractivity (Wildman–Crippen MR) is 114 cm³/mol. The average Bonchev–Trinajstić information content (AvgIpc) is 3.22. The molecule has 3 rings (SSSR count). The predicted octanol–water partition coefficient (Wildman–Crippen LogP) is 5.16. The summed E-state index contributed by atoms with van der Waals surface area (Å²) in [7, 11) is 0. The van der Waals surface area contributed by atoms with E-state index in [9.17, 15) is 10.1 Å². The molecule has 0 aliphatic rings. The summed E-state index contributed by atoms with van der Waals surface area (Å²) in [5.74, 6) is 0.859. The largest absolute Gasteiger partial charge is 0.493 e. The lowest BCUT2D eigenvalue weighted by atomic mass is 10.0. The molecule has 0 aliphatic heterocycles. The summed E-state index contributed by atoms with van der Waals surface area (Å²) in [6.07, 6.45) is 1.64. The molecule has 0 spiro atoms. The first-order valence-corrected chi connectivity index (χ1v) is 10.0. The first kappa shape index (κ1) is 19.7. The number of carbonyl (C=O) groups is 1. The number of nitrogens with one attached hydrogen (secondary N) is 1. The van der Waals surface area contributed by atoms with Gasteiger partial charge in [-0.3, -0.25) is 4.79 Å². The van der Waals surface area contributed by atoms with Crippen LogP contribution >= 0.6 is 11.3 Å². The lowest BCUT2D eigenvalue weighted by Crippen LogP contribution is -2.23. The second-order valence-electron chi connectivity index (χ2n) is 6.84. The molecule has 0 saturated carbocycles. The van der Waals surface area contributed by atoms with Crippen LogP contribution < -0.4 is 10.1 Å². The molecule has 1 amide bonds. The van der Waals surface area contributed by atoms with Crippen molar-refractivity contribution >= 4 is 34.1 Å². The molecule has 142 valence electrons. The van der Waals surface area contributed by atoms with Crippen molar-refractivity contribution in [1.82, 2.24) is 5.32 Å². The van der Waals surface area contributed by atoms with E-state index in [1.807, 2.05) is 60.0 Å². The Morgan fingerprint density at radius 1 is 1.18 bits per heavy atom. The van der Waals surface area contributed by atoms with Gasteiger partial charge in [-0.05, 0) is 40.5 Å². The minimum atomic E-state index is -0.375. The van der Waals surface area contributed by atoms with Gasteiger partial charge in [0.2, 0.25) is 0 Å². The summed E-state index contributed by atoms with van der Waals surface area (Å²) in [6.45, 7) is 5.26. The third-order valence-corrected chi connectivity index (χ3v) is 5.03. The van der Waals surface area contributed by atoms with Gasteiger partial charge in [0.25, 0.3) is 5.91 Å². The number of rotatable bonds is 7. The van der Waals surface area contributed by atoms with Crippen molar-refractivity contribution in [3.8, 4) is 11.8 Å². The minimum absolute atomic E-state index is 0.0811. The van der Waals surface area contributed by atoms with Gasteiger partial charge in [-0.15, -0.1) is 11.3 Å². The molecule has 1 N–H and O–H groups in total. The molecule has 0 atom stereocenters. The SMILES string of the molecule is CC(C)COc1ccc(/C=C(\C#N)C(=O)NCc2cccs2)c2ccccc12.